The Kier molecular flexibility index (Phi) is 21.6. The van der Waals surface area contributed by atoms with Crippen molar-refractivity contribution in [3.8, 4) is 0 Å². The van der Waals surface area contributed by atoms with Crippen LogP contribution in [0.3, 0.4) is 0 Å². The molecule has 0 heterocycles. The lowest BCUT2D eigenvalue weighted by atomic mass is 10.1. The number of carbonyl (C=O) groups is 1. The summed E-state index contributed by atoms with van der Waals surface area (Å²) in [6.07, 6.45) is 11.2. The zero-order chi connectivity index (χ0) is 14.8. The van der Waals surface area contributed by atoms with Crippen molar-refractivity contribution < 1.29 is 14.6 Å². The summed E-state index contributed by atoms with van der Waals surface area (Å²) in [6, 6.07) is 0. The van der Waals surface area contributed by atoms with Gasteiger partial charge in [0.05, 0.1) is 0 Å². The van der Waals surface area contributed by atoms with Crippen LogP contribution in [0.2, 0.25) is 0 Å². The maximum Gasteiger partial charge on any atom is 0.0437 e. The third-order valence-corrected chi connectivity index (χ3v) is 2.89. The van der Waals surface area contributed by atoms with Gasteiger partial charge < -0.3 is 14.6 Å². The Bertz CT molecular complexity index is 167. The first-order valence-electron chi connectivity index (χ1n) is 7.96. The van der Waals surface area contributed by atoms with Crippen molar-refractivity contribution in [1.29, 1.82) is 0 Å². The first-order chi connectivity index (χ1) is 9.18. The lowest BCUT2D eigenvalue weighted by Gasteiger charge is -2.02. The predicted molar refractivity (Wildman–Crippen MR) is 79.0 cm³/mol. The maximum atomic E-state index is 10.1. The third kappa shape index (κ3) is 26.9. The van der Waals surface area contributed by atoms with Gasteiger partial charge in [-0.05, 0) is 26.7 Å². The molecule has 0 amide bonds. The molecule has 0 saturated heterocycles. The number of hydrogen-bond acceptors (Lipinski definition) is 3. The van der Waals surface area contributed by atoms with E-state index in [0.29, 0.717) is 0 Å². The van der Waals surface area contributed by atoms with Crippen molar-refractivity contribution in [2.24, 2.45) is 0 Å². The molecule has 0 saturated carbocycles. The lowest BCUT2D eigenvalue weighted by Crippen LogP contribution is -2.21. The van der Waals surface area contributed by atoms with Gasteiger partial charge in [-0.15, -0.1) is 0 Å². The topological polar surface area (TPSA) is 49.4 Å². The van der Waals surface area contributed by atoms with E-state index < -0.39 is 5.97 Å². The molecule has 0 aromatic heterocycles. The SMILES string of the molecule is CCCCCCCCCCCC(=O)[O-].CCOCC. The number of carbonyl (C=O) groups excluding carboxylic acids is 1. The summed E-state index contributed by atoms with van der Waals surface area (Å²) in [5.74, 6) is -0.909. The van der Waals surface area contributed by atoms with Crippen molar-refractivity contribution in [2.75, 3.05) is 13.2 Å². The largest absolute Gasteiger partial charge is 0.550 e. The molecule has 0 aromatic rings. The van der Waals surface area contributed by atoms with Crippen LogP contribution < -0.4 is 5.11 Å². The van der Waals surface area contributed by atoms with Gasteiger partial charge >= 0.3 is 0 Å². The fourth-order valence-corrected chi connectivity index (χ4v) is 1.78. The Hall–Kier alpha value is -0.570. The highest BCUT2D eigenvalue weighted by Gasteiger charge is 1.92. The first kappa shape index (κ1) is 20.7. The van der Waals surface area contributed by atoms with Crippen molar-refractivity contribution in [3.63, 3.8) is 0 Å². The minimum Gasteiger partial charge on any atom is -0.550 e. The van der Waals surface area contributed by atoms with Gasteiger partial charge in [-0.3, -0.25) is 0 Å². The molecule has 3 nitrogen and oxygen atoms in total. The molecule has 0 aliphatic heterocycles. The van der Waals surface area contributed by atoms with E-state index in [1.54, 1.807) is 0 Å². The van der Waals surface area contributed by atoms with Gasteiger partial charge in [0.2, 0.25) is 0 Å². The molecule has 19 heavy (non-hydrogen) atoms. The Labute approximate surface area is 119 Å². The summed E-state index contributed by atoms with van der Waals surface area (Å²) in [6.45, 7) is 7.89. The highest BCUT2D eigenvalue weighted by molar-refractivity contribution is 5.63. The smallest absolute Gasteiger partial charge is 0.0437 e. The minimum atomic E-state index is -0.909. The summed E-state index contributed by atoms with van der Waals surface area (Å²) in [7, 11) is 0. The molecular weight excluding hydrogens is 240 g/mol. The summed E-state index contributed by atoms with van der Waals surface area (Å²) >= 11 is 0. The highest BCUT2D eigenvalue weighted by Crippen LogP contribution is 2.09. The number of rotatable bonds is 12. The second kappa shape index (κ2) is 19.8. The molecule has 3 heteroatoms. The van der Waals surface area contributed by atoms with Crippen LogP contribution >= 0.6 is 0 Å². The van der Waals surface area contributed by atoms with Crippen molar-refractivity contribution >= 4 is 5.97 Å². The zero-order valence-electron chi connectivity index (χ0n) is 13.2. The second-order valence-corrected chi connectivity index (χ2v) is 4.73. The number of unbranched alkanes of at least 4 members (excludes halogenated alkanes) is 8. The first-order valence-corrected chi connectivity index (χ1v) is 7.96. The van der Waals surface area contributed by atoms with Crippen LogP contribution in [0.5, 0.6) is 0 Å². The van der Waals surface area contributed by atoms with E-state index in [2.05, 4.69) is 6.92 Å². The number of ether oxygens (including phenoxy) is 1. The van der Waals surface area contributed by atoms with Gasteiger partial charge in [0.1, 0.15) is 0 Å². The van der Waals surface area contributed by atoms with E-state index in [9.17, 15) is 9.90 Å². The third-order valence-electron chi connectivity index (χ3n) is 2.89. The van der Waals surface area contributed by atoms with Gasteiger partial charge in [0.15, 0.2) is 0 Å². The lowest BCUT2D eigenvalue weighted by molar-refractivity contribution is -0.305. The Morgan fingerprint density at radius 1 is 0.789 bits per heavy atom. The Balaban J connectivity index is 0. The van der Waals surface area contributed by atoms with E-state index >= 15 is 0 Å². The van der Waals surface area contributed by atoms with Crippen LogP contribution in [-0.4, -0.2) is 19.2 Å². The van der Waals surface area contributed by atoms with Crippen LogP contribution in [0.1, 0.15) is 85.0 Å². The van der Waals surface area contributed by atoms with E-state index in [0.717, 1.165) is 26.1 Å². The van der Waals surface area contributed by atoms with E-state index in [4.69, 9.17) is 4.74 Å². The molecule has 0 bridgehead atoms. The summed E-state index contributed by atoms with van der Waals surface area (Å²) < 4.78 is 4.83. The van der Waals surface area contributed by atoms with Gasteiger partial charge in [-0.1, -0.05) is 58.3 Å². The van der Waals surface area contributed by atoms with Gasteiger partial charge in [0, 0.05) is 19.2 Å². The number of aliphatic carboxylic acids is 1. The normalized spacial score (nSPS) is 9.84. The van der Waals surface area contributed by atoms with Gasteiger partial charge in [-0.25, -0.2) is 0 Å². The fourth-order valence-electron chi connectivity index (χ4n) is 1.78. The molecule has 0 N–H and O–H groups in total. The average molecular weight is 273 g/mol. The minimum absolute atomic E-state index is 0.232. The molecule has 0 spiro atoms. The molecule has 0 unspecified atom stereocenters. The monoisotopic (exact) mass is 273 g/mol. The van der Waals surface area contributed by atoms with Crippen LogP contribution in [0.15, 0.2) is 0 Å². The molecule has 0 aliphatic carbocycles. The van der Waals surface area contributed by atoms with Crippen molar-refractivity contribution in [1.82, 2.24) is 0 Å². The summed E-state index contributed by atoms with van der Waals surface area (Å²) in [4.78, 5) is 10.1. The maximum absolute atomic E-state index is 10.1. The molecular formula is C16H33O3-. The molecule has 0 rings (SSSR count). The van der Waals surface area contributed by atoms with Crippen LogP contribution in [0.25, 0.3) is 0 Å². The summed E-state index contributed by atoms with van der Waals surface area (Å²) in [5, 5.41) is 10.1. The van der Waals surface area contributed by atoms with Gasteiger partial charge in [0.25, 0.3) is 0 Å². The summed E-state index contributed by atoms with van der Waals surface area (Å²) in [5.41, 5.74) is 0. The zero-order valence-corrected chi connectivity index (χ0v) is 13.2. The molecule has 116 valence electrons. The molecule has 0 radical (unpaired) electrons. The van der Waals surface area contributed by atoms with E-state index in [1.165, 1.54) is 44.9 Å². The fraction of sp³-hybridized carbons (Fsp3) is 0.938. The van der Waals surface area contributed by atoms with Gasteiger partial charge in [-0.2, -0.15) is 0 Å². The van der Waals surface area contributed by atoms with E-state index in [1.807, 2.05) is 13.8 Å². The highest BCUT2D eigenvalue weighted by atomic mass is 16.5. The van der Waals surface area contributed by atoms with Crippen molar-refractivity contribution in [3.05, 3.63) is 0 Å². The second-order valence-electron chi connectivity index (χ2n) is 4.73. The molecule has 0 aromatic carbocycles. The van der Waals surface area contributed by atoms with Crippen LogP contribution in [-0.2, 0) is 9.53 Å². The molecule has 0 fully saturated rings. The number of carboxylic acids is 1. The number of hydrogen-bond donors (Lipinski definition) is 0. The standard InChI is InChI=1S/C12H24O2.C4H10O/c1-2-3-4-5-6-7-8-9-10-11-12(13)14;1-3-5-4-2/h2-11H2,1H3,(H,13,14);3-4H2,1-2H3/p-1. The predicted octanol–water partition coefficient (Wildman–Crippen LogP) is 3.70. The molecule has 0 aliphatic rings. The molecule has 0 atom stereocenters. The number of carboxylic acid groups (broad SMARTS) is 1. The van der Waals surface area contributed by atoms with Crippen molar-refractivity contribution in [2.45, 2.75) is 85.0 Å². The van der Waals surface area contributed by atoms with Crippen LogP contribution in [0.4, 0.5) is 0 Å². The van der Waals surface area contributed by atoms with Crippen LogP contribution in [0, 0.1) is 0 Å². The quantitative estimate of drug-likeness (QED) is 0.509. The van der Waals surface area contributed by atoms with E-state index in [-0.39, 0.29) is 6.42 Å². The Morgan fingerprint density at radius 3 is 1.53 bits per heavy atom. The average Bonchev–Trinajstić information content (AvgIpc) is 2.38. The Morgan fingerprint density at radius 2 is 1.21 bits per heavy atom.